The molecular formula is C12H14N4O2. The second-order valence-corrected chi connectivity index (χ2v) is 4.41. The minimum Gasteiger partial charge on any atom is -0.377 e. The zero-order valence-electron chi connectivity index (χ0n) is 10.1. The number of rotatable bonds is 1. The first-order chi connectivity index (χ1) is 8.77. The summed E-state index contributed by atoms with van der Waals surface area (Å²) in [6.07, 6.45) is 3.26. The van der Waals surface area contributed by atoms with Crippen LogP contribution in [0.1, 0.15) is 17.3 Å². The number of aromatic amines is 1. The Morgan fingerprint density at radius 3 is 3.33 bits per heavy atom. The Labute approximate surface area is 104 Å². The third kappa shape index (κ3) is 1.74. The molecule has 1 aliphatic heterocycles. The van der Waals surface area contributed by atoms with Crippen LogP contribution in [0.3, 0.4) is 0 Å². The number of H-pyrrole nitrogens is 1. The molecule has 1 fully saturated rings. The molecule has 1 aliphatic rings. The van der Waals surface area contributed by atoms with Crippen molar-refractivity contribution in [2.75, 3.05) is 19.8 Å². The number of ether oxygens (including phenoxy) is 1. The Bertz CT molecular complexity index is 580. The molecule has 6 nitrogen and oxygen atoms in total. The Balaban J connectivity index is 1.98. The van der Waals surface area contributed by atoms with Crippen LogP contribution < -0.4 is 0 Å². The first-order valence-electron chi connectivity index (χ1n) is 5.94. The van der Waals surface area contributed by atoms with Crippen molar-refractivity contribution in [3.63, 3.8) is 0 Å². The zero-order valence-corrected chi connectivity index (χ0v) is 10.1. The summed E-state index contributed by atoms with van der Waals surface area (Å²) in [5.41, 5.74) is 1.28. The maximum absolute atomic E-state index is 12.5. The van der Waals surface area contributed by atoms with Gasteiger partial charge in [0.2, 0.25) is 0 Å². The van der Waals surface area contributed by atoms with E-state index in [0.29, 0.717) is 31.0 Å². The summed E-state index contributed by atoms with van der Waals surface area (Å²) in [5.74, 6) is 0.0135. The van der Waals surface area contributed by atoms with Crippen molar-refractivity contribution in [2.45, 2.75) is 13.0 Å². The summed E-state index contributed by atoms with van der Waals surface area (Å²) in [4.78, 5) is 18.5. The van der Waals surface area contributed by atoms with Crippen LogP contribution in [0.4, 0.5) is 0 Å². The summed E-state index contributed by atoms with van der Waals surface area (Å²) >= 11 is 0. The lowest BCUT2D eigenvalue weighted by Gasteiger charge is -2.33. The lowest BCUT2D eigenvalue weighted by Crippen LogP contribution is -2.47. The van der Waals surface area contributed by atoms with Crippen LogP contribution in [0, 0.1) is 0 Å². The van der Waals surface area contributed by atoms with Crippen molar-refractivity contribution < 1.29 is 9.53 Å². The molecule has 0 aliphatic carbocycles. The van der Waals surface area contributed by atoms with Gasteiger partial charge in [0.15, 0.2) is 5.65 Å². The van der Waals surface area contributed by atoms with E-state index in [1.807, 2.05) is 11.8 Å². The van der Waals surface area contributed by atoms with Crippen LogP contribution in [-0.4, -0.2) is 51.8 Å². The number of hydrogen-bond donors (Lipinski definition) is 1. The molecule has 0 spiro atoms. The van der Waals surface area contributed by atoms with Gasteiger partial charge in [0, 0.05) is 12.7 Å². The molecule has 0 aromatic carbocycles. The van der Waals surface area contributed by atoms with E-state index >= 15 is 0 Å². The van der Waals surface area contributed by atoms with Crippen molar-refractivity contribution in [2.24, 2.45) is 0 Å². The number of carbonyl (C=O) groups excluding carboxylic acids is 1. The Hall–Kier alpha value is -1.95. The van der Waals surface area contributed by atoms with Crippen LogP contribution in [0.25, 0.3) is 11.0 Å². The molecule has 1 atom stereocenters. The number of aromatic nitrogens is 3. The second kappa shape index (κ2) is 4.38. The number of pyridine rings is 1. The molecule has 3 heterocycles. The summed E-state index contributed by atoms with van der Waals surface area (Å²) in [6, 6.07) is 1.84. The van der Waals surface area contributed by atoms with Gasteiger partial charge >= 0.3 is 0 Å². The average Bonchev–Trinajstić information content (AvgIpc) is 2.86. The van der Waals surface area contributed by atoms with Gasteiger partial charge in [-0.1, -0.05) is 0 Å². The highest BCUT2D eigenvalue weighted by Gasteiger charge is 2.26. The van der Waals surface area contributed by atoms with Gasteiger partial charge in [-0.3, -0.25) is 9.89 Å². The van der Waals surface area contributed by atoms with Crippen molar-refractivity contribution in [1.29, 1.82) is 0 Å². The van der Waals surface area contributed by atoms with Gasteiger partial charge in [-0.2, -0.15) is 5.10 Å². The van der Waals surface area contributed by atoms with E-state index in [1.165, 1.54) is 0 Å². The zero-order chi connectivity index (χ0) is 12.5. The highest BCUT2D eigenvalue weighted by atomic mass is 16.5. The SMILES string of the molecule is C[C@H]1COCCN1C(=O)c1ccnc2[nH]ncc12. The fraction of sp³-hybridized carbons (Fsp3) is 0.417. The van der Waals surface area contributed by atoms with Crippen molar-refractivity contribution in [1.82, 2.24) is 20.1 Å². The standard InChI is InChI=1S/C12H14N4O2/c1-8-7-18-5-4-16(8)12(17)9-2-3-13-11-10(9)6-14-15-11/h2-3,6,8H,4-5,7H2,1H3,(H,13,14,15)/t8-/m0/s1. The summed E-state index contributed by atoms with van der Waals surface area (Å²) in [7, 11) is 0. The Morgan fingerprint density at radius 1 is 1.61 bits per heavy atom. The molecule has 18 heavy (non-hydrogen) atoms. The predicted molar refractivity (Wildman–Crippen MR) is 65.2 cm³/mol. The molecule has 6 heteroatoms. The molecule has 0 saturated carbocycles. The maximum Gasteiger partial charge on any atom is 0.255 e. The molecule has 94 valence electrons. The lowest BCUT2D eigenvalue weighted by molar-refractivity contribution is 0.00370. The van der Waals surface area contributed by atoms with Crippen LogP contribution in [0.5, 0.6) is 0 Å². The van der Waals surface area contributed by atoms with E-state index < -0.39 is 0 Å². The first-order valence-corrected chi connectivity index (χ1v) is 5.94. The molecule has 1 amide bonds. The van der Waals surface area contributed by atoms with Gasteiger partial charge in [0.05, 0.1) is 36.4 Å². The van der Waals surface area contributed by atoms with Crippen LogP contribution in [0.15, 0.2) is 18.5 Å². The molecule has 2 aromatic heterocycles. The fourth-order valence-corrected chi connectivity index (χ4v) is 2.22. The van der Waals surface area contributed by atoms with Gasteiger partial charge in [-0.25, -0.2) is 4.98 Å². The predicted octanol–water partition coefficient (Wildman–Crippen LogP) is 0.819. The van der Waals surface area contributed by atoms with Crippen LogP contribution >= 0.6 is 0 Å². The minimum absolute atomic E-state index is 0.0135. The maximum atomic E-state index is 12.5. The van der Waals surface area contributed by atoms with Crippen molar-refractivity contribution in [3.05, 3.63) is 24.0 Å². The van der Waals surface area contributed by atoms with E-state index in [2.05, 4.69) is 15.2 Å². The molecule has 1 saturated heterocycles. The molecule has 0 radical (unpaired) electrons. The summed E-state index contributed by atoms with van der Waals surface area (Å²) in [5, 5.41) is 7.46. The van der Waals surface area contributed by atoms with Gasteiger partial charge in [0.1, 0.15) is 0 Å². The van der Waals surface area contributed by atoms with Gasteiger partial charge in [-0.15, -0.1) is 0 Å². The van der Waals surface area contributed by atoms with Crippen molar-refractivity contribution >= 4 is 16.9 Å². The molecule has 0 bridgehead atoms. The number of amides is 1. The highest BCUT2D eigenvalue weighted by molar-refractivity contribution is 6.05. The quantitative estimate of drug-likeness (QED) is 0.808. The normalized spacial score (nSPS) is 20.3. The van der Waals surface area contributed by atoms with Crippen LogP contribution in [-0.2, 0) is 4.74 Å². The topological polar surface area (TPSA) is 71.1 Å². The van der Waals surface area contributed by atoms with E-state index in [9.17, 15) is 4.79 Å². The first kappa shape index (κ1) is 11.2. The monoisotopic (exact) mass is 246 g/mol. The molecular weight excluding hydrogens is 232 g/mol. The van der Waals surface area contributed by atoms with E-state index in [4.69, 9.17) is 4.74 Å². The number of nitrogens with zero attached hydrogens (tertiary/aromatic N) is 3. The Kier molecular flexibility index (Phi) is 2.71. The third-order valence-electron chi connectivity index (χ3n) is 3.21. The number of fused-ring (bicyclic) bond motifs is 1. The molecule has 0 unspecified atom stereocenters. The smallest absolute Gasteiger partial charge is 0.255 e. The van der Waals surface area contributed by atoms with E-state index in [0.717, 1.165) is 5.39 Å². The lowest BCUT2D eigenvalue weighted by atomic mass is 10.1. The average molecular weight is 246 g/mol. The van der Waals surface area contributed by atoms with Gasteiger partial charge < -0.3 is 9.64 Å². The largest absolute Gasteiger partial charge is 0.377 e. The Morgan fingerprint density at radius 2 is 2.50 bits per heavy atom. The fourth-order valence-electron chi connectivity index (χ4n) is 2.22. The summed E-state index contributed by atoms with van der Waals surface area (Å²) < 4.78 is 5.35. The molecule has 2 aromatic rings. The third-order valence-corrected chi connectivity index (χ3v) is 3.21. The number of carbonyl (C=O) groups is 1. The summed E-state index contributed by atoms with van der Waals surface area (Å²) in [6.45, 7) is 3.80. The minimum atomic E-state index is 0.0135. The highest BCUT2D eigenvalue weighted by Crippen LogP contribution is 2.18. The molecule has 1 N–H and O–H groups in total. The molecule has 3 rings (SSSR count). The number of morpholine rings is 1. The van der Waals surface area contributed by atoms with Crippen LogP contribution in [0.2, 0.25) is 0 Å². The van der Waals surface area contributed by atoms with E-state index in [-0.39, 0.29) is 11.9 Å². The van der Waals surface area contributed by atoms with Crippen molar-refractivity contribution in [3.8, 4) is 0 Å². The number of nitrogens with one attached hydrogen (secondary N) is 1. The van der Waals surface area contributed by atoms with Gasteiger partial charge in [0.25, 0.3) is 5.91 Å². The van der Waals surface area contributed by atoms with Gasteiger partial charge in [-0.05, 0) is 13.0 Å². The second-order valence-electron chi connectivity index (χ2n) is 4.41. The van der Waals surface area contributed by atoms with E-state index in [1.54, 1.807) is 18.5 Å². The number of hydrogen-bond acceptors (Lipinski definition) is 4.